The molecule has 60 heavy (non-hydrogen) atoms. The number of allylic oxidation sites excluding steroid dienone is 15. The quantitative estimate of drug-likeness (QED) is 0.0245. The summed E-state index contributed by atoms with van der Waals surface area (Å²) in [7, 11) is 1.54. The number of quaternary nitrogens is 1. The van der Waals surface area contributed by atoms with E-state index in [1.165, 1.54) is 51.4 Å². The number of carbonyl (C=O) groups is 1. The minimum absolute atomic E-state index is 0.0536. The van der Waals surface area contributed by atoms with E-state index in [-0.39, 0.29) is 19.1 Å². The Bertz CT molecular complexity index is 1290. The van der Waals surface area contributed by atoms with Crippen LogP contribution in [-0.4, -0.2) is 73.4 Å². The number of phosphoric ester groups is 1. The van der Waals surface area contributed by atoms with Gasteiger partial charge in [0.25, 0.3) is 0 Å². The van der Waals surface area contributed by atoms with E-state index in [0.717, 1.165) is 96.3 Å². The van der Waals surface area contributed by atoms with Gasteiger partial charge in [0.2, 0.25) is 5.91 Å². The summed E-state index contributed by atoms with van der Waals surface area (Å²) in [6.07, 6.45) is 59.2. The number of phosphoric acid groups is 1. The first-order valence-electron chi connectivity index (χ1n) is 23.6. The molecule has 0 bridgehead atoms. The van der Waals surface area contributed by atoms with Gasteiger partial charge in [0.15, 0.2) is 0 Å². The third kappa shape index (κ3) is 43.5. The number of rotatable bonds is 41. The Kier molecular flexibility index (Phi) is 40.0. The van der Waals surface area contributed by atoms with Crippen molar-refractivity contribution >= 4 is 13.7 Å². The van der Waals surface area contributed by atoms with Gasteiger partial charge in [-0.25, -0.2) is 4.57 Å². The van der Waals surface area contributed by atoms with Crippen molar-refractivity contribution < 1.29 is 32.9 Å². The molecule has 0 radical (unpaired) electrons. The maximum Gasteiger partial charge on any atom is 0.472 e. The first kappa shape index (κ1) is 57.4. The fourth-order valence-corrected chi connectivity index (χ4v) is 6.81. The molecule has 0 aromatic carbocycles. The Labute approximate surface area is 369 Å². The highest BCUT2D eigenvalue weighted by Crippen LogP contribution is 2.43. The maximum absolute atomic E-state index is 12.9. The first-order valence-corrected chi connectivity index (χ1v) is 25.1. The number of amides is 1. The number of aliphatic hydroxyl groups is 1. The summed E-state index contributed by atoms with van der Waals surface area (Å²) >= 11 is 0. The van der Waals surface area contributed by atoms with Crippen LogP contribution in [0.3, 0.4) is 0 Å². The number of hydrogen-bond acceptors (Lipinski definition) is 5. The average molecular weight is 858 g/mol. The summed E-state index contributed by atoms with van der Waals surface area (Å²) < 4.78 is 23.5. The smallest absolute Gasteiger partial charge is 0.387 e. The van der Waals surface area contributed by atoms with Gasteiger partial charge in [-0.15, -0.1) is 0 Å². The van der Waals surface area contributed by atoms with Crippen molar-refractivity contribution in [2.75, 3.05) is 40.9 Å². The molecule has 0 rings (SSSR count). The van der Waals surface area contributed by atoms with Crippen LogP contribution in [0.15, 0.2) is 97.2 Å². The number of aliphatic hydroxyl groups excluding tert-OH is 1. The normalized spacial score (nSPS) is 15.1. The summed E-state index contributed by atoms with van der Waals surface area (Å²) in [5, 5.41) is 13.8. The zero-order chi connectivity index (χ0) is 44.3. The number of carbonyl (C=O) groups excluding carboxylic acids is 1. The molecule has 8 nitrogen and oxygen atoms in total. The van der Waals surface area contributed by atoms with E-state index in [1.807, 2.05) is 27.2 Å². The summed E-state index contributed by atoms with van der Waals surface area (Å²) in [4.78, 5) is 23.1. The highest BCUT2D eigenvalue weighted by atomic mass is 31.2. The van der Waals surface area contributed by atoms with Crippen molar-refractivity contribution in [3.8, 4) is 0 Å². The predicted molar refractivity (Wildman–Crippen MR) is 258 cm³/mol. The monoisotopic (exact) mass is 858 g/mol. The van der Waals surface area contributed by atoms with E-state index in [2.05, 4.69) is 104 Å². The standard InChI is InChI=1S/C51H89N2O6P/c1-6-8-10-12-14-16-17-18-19-20-21-22-23-24-25-26-27-28-29-30-31-32-33-34-35-37-39-41-43-45-51(55)52-49(48-59-60(56,57)58-47-46-53(3,4)5)50(54)44-42-40-38-36-15-13-11-9-7-2/h8,10,14,16,18-19,21-22,24-25,27-28,30-31,42,44,49-50,54H,6-7,9,11-13,15,17,20,23,26,29,32-41,43,45-48H2,1-5H3,(H-,52,55,56,57)/p+1/b10-8-,16-14-,19-18-,22-21-,25-24-,28-27-,31-30-,44-42+. The predicted octanol–water partition coefficient (Wildman–Crippen LogP) is 13.5. The van der Waals surface area contributed by atoms with Crippen LogP contribution in [0, 0.1) is 0 Å². The Balaban J connectivity index is 4.23. The highest BCUT2D eigenvalue weighted by Gasteiger charge is 2.27. The molecule has 3 unspecified atom stereocenters. The Hall–Kier alpha value is -2.58. The average Bonchev–Trinajstić information content (AvgIpc) is 3.20. The molecule has 3 N–H and O–H groups in total. The third-order valence-electron chi connectivity index (χ3n) is 9.81. The van der Waals surface area contributed by atoms with Gasteiger partial charge in [-0.2, -0.15) is 0 Å². The zero-order valence-corrected chi connectivity index (χ0v) is 39.8. The van der Waals surface area contributed by atoms with Gasteiger partial charge in [-0.1, -0.05) is 182 Å². The third-order valence-corrected chi connectivity index (χ3v) is 10.8. The summed E-state index contributed by atoms with van der Waals surface area (Å²) in [6, 6.07) is -0.857. The summed E-state index contributed by atoms with van der Waals surface area (Å²) in [5.41, 5.74) is 0. The van der Waals surface area contributed by atoms with Crippen LogP contribution in [-0.2, 0) is 18.4 Å². The van der Waals surface area contributed by atoms with E-state index in [1.54, 1.807) is 6.08 Å². The SMILES string of the molecule is CC/C=C\C/C=C\C/C=C\C/C=C\C/C=C\C/C=C\C/C=C\CCCCCCCCCC(=O)NC(COP(=O)(O)OCC[N+](C)(C)C)C(O)/C=C/CCCCCCCCC. The van der Waals surface area contributed by atoms with Crippen LogP contribution >= 0.6 is 7.82 Å². The zero-order valence-electron chi connectivity index (χ0n) is 38.9. The largest absolute Gasteiger partial charge is 0.472 e. The molecule has 1 amide bonds. The van der Waals surface area contributed by atoms with Crippen molar-refractivity contribution in [3.63, 3.8) is 0 Å². The van der Waals surface area contributed by atoms with Crippen LogP contribution in [0.25, 0.3) is 0 Å². The lowest BCUT2D eigenvalue weighted by Crippen LogP contribution is -2.45. The second kappa shape index (κ2) is 41.8. The van der Waals surface area contributed by atoms with E-state index in [4.69, 9.17) is 9.05 Å². The van der Waals surface area contributed by atoms with Gasteiger partial charge in [-0.05, 0) is 77.0 Å². The molecule has 0 aromatic heterocycles. The lowest BCUT2D eigenvalue weighted by atomic mass is 10.1. The second-order valence-electron chi connectivity index (χ2n) is 16.8. The molecular formula is C51H90N2O6P+. The molecule has 0 aliphatic carbocycles. The Morgan fingerprint density at radius 2 is 1.00 bits per heavy atom. The van der Waals surface area contributed by atoms with E-state index in [9.17, 15) is 19.4 Å². The van der Waals surface area contributed by atoms with Crippen molar-refractivity contribution in [2.45, 2.75) is 180 Å². The van der Waals surface area contributed by atoms with Crippen LogP contribution in [0.1, 0.15) is 168 Å². The number of nitrogens with one attached hydrogen (secondary N) is 1. The topological polar surface area (TPSA) is 105 Å². The van der Waals surface area contributed by atoms with Crippen LogP contribution in [0.2, 0.25) is 0 Å². The van der Waals surface area contributed by atoms with Gasteiger partial charge in [0, 0.05) is 6.42 Å². The molecule has 3 atom stereocenters. The number of hydrogen-bond donors (Lipinski definition) is 3. The lowest BCUT2D eigenvalue weighted by Gasteiger charge is -2.25. The first-order chi connectivity index (χ1) is 29.0. The highest BCUT2D eigenvalue weighted by molar-refractivity contribution is 7.47. The van der Waals surface area contributed by atoms with Crippen molar-refractivity contribution in [1.82, 2.24) is 5.32 Å². The van der Waals surface area contributed by atoms with Gasteiger partial charge in [0.05, 0.1) is 39.9 Å². The van der Waals surface area contributed by atoms with Gasteiger partial charge in [0.1, 0.15) is 13.2 Å². The van der Waals surface area contributed by atoms with Crippen LogP contribution in [0.5, 0.6) is 0 Å². The van der Waals surface area contributed by atoms with Gasteiger partial charge < -0.3 is 19.8 Å². The molecule has 0 aliphatic heterocycles. The molecule has 0 aliphatic rings. The Morgan fingerprint density at radius 1 is 0.583 bits per heavy atom. The molecule has 0 heterocycles. The Morgan fingerprint density at radius 3 is 1.47 bits per heavy atom. The second-order valence-corrected chi connectivity index (χ2v) is 18.2. The van der Waals surface area contributed by atoms with Gasteiger partial charge >= 0.3 is 7.82 Å². The molecule has 0 spiro atoms. The van der Waals surface area contributed by atoms with Crippen molar-refractivity contribution in [2.24, 2.45) is 0 Å². The molecule has 0 fully saturated rings. The van der Waals surface area contributed by atoms with Crippen molar-refractivity contribution in [1.29, 1.82) is 0 Å². The van der Waals surface area contributed by atoms with Crippen molar-refractivity contribution in [3.05, 3.63) is 97.2 Å². The van der Waals surface area contributed by atoms with E-state index < -0.39 is 20.0 Å². The number of unbranched alkanes of at least 4 members (excludes halogenated alkanes) is 14. The van der Waals surface area contributed by atoms with Crippen LogP contribution in [0.4, 0.5) is 0 Å². The number of nitrogens with zero attached hydrogens (tertiary/aromatic N) is 1. The molecular weight excluding hydrogens is 768 g/mol. The lowest BCUT2D eigenvalue weighted by molar-refractivity contribution is -0.870. The summed E-state index contributed by atoms with van der Waals surface area (Å²) in [5.74, 6) is -0.197. The molecule has 344 valence electrons. The van der Waals surface area contributed by atoms with Gasteiger partial charge in [-0.3, -0.25) is 13.8 Å². The van der Waals surface area contributed by atoms with E-state index >= 15 is 0 Å². The fourth-order valence-electron chi connectivity index (χ4n) is 6.08. The number of likely N-dealkylation sites (N-methyl/N-ethyl adjacent to an activating group) is 1. The molecule has 0 saturated carbocycles. The molecule has 9 heteroatoms. The minimum atomic E-state index is -4.34. The maximum atomic E-state index is 12.9. The van der Waals surface area contributed by atoms with Crippen LogP contribution < -0.4 is 5.32 Å². The van der Waals surface area contributed by atoms with E-state index in [0.29, 0.717) is 17.4 Å². The molecule has 0 saturated heterocycles. The fraction of sp³-hybridized carbons (Fsp3) is 0.667. The molecule has 0 aromatic rings. The minimum Gasteiger partial charge on any atom is -0.387 e. The summed E-state index contributed by atoms with van der Waals surface area (Å²) in [6.45, 7) is 4.63.